The number of carbonyl (C=O) groups excluding carboxylic acids is 1. The zero-order valence-electron chi connectivity index (χ0n) is 13.9. The minimum Gasteiger partial charge on any atom is -0.361 e. The van der Waals surface area contributed by atoms with E-state index in [4.69, 9.17) is 4.52 Å². The summed E-state index contributed by atoms with van der Waals surface area (Å²) >= 11 is 0. The van der Waals surface area contributed by atoms with Crippen molar-refractivity contribution in [3.63, 3.8) is 0 Å². The van der Waals surface area contributed by atoms with Gasteiger partial charge in [-0.2, -0.15) is 0 Å². The van der Waals surface area contributed by atoms with Crippen molar-refractivity contribution in [2.24, 2.45) is 0 Å². The predicted octanol–water partition coefficient (Wildman–Crippen LogP) is 2.66. The first kappa shape index (κ1) is 15.6. The van der Waals surface area contributed by atoms with Crippen molar-refractivity contribution >= 4 is 5.91 Å². The maximum atomic E-state index is 12.9. The predicted molar refractivity (Wildman–Crippen MR) is 85.3 cm³/mol. The summed E-state index contributed by atoms with van der Waals surface area (Å²) in [5.41, 5.74) is 2.40. The number of hydrogen-bond donors (Lipinski definition) is 0. The minimum absolute atomic E-state index is 0.0241. The van der Waals surface area contributed by atoms with Gasteiger partial charge in [-0.15, -0.1) is 0 Å². The topological polar surface area (TPSA) is 72.1 Å². The van der Waals surface area contributed by atoms with Gasteiger partial charge in [0.2, 0.25) is 0 Å². The van der Waals surface area contributed by atoms with Crippen molar-refractivity contribution in [3.8, 4) is 0 Å². The number of hydrogen-bond acceptors (Lipinski definition) is 5. The van der Waals surface area contributed by atoms with E-state index in [0.29, 0.717) is 24.3 Å². The molecule has 0 aromatic carbocycles. The SMILES string of the molecule is CCc1noc(C)c1C(=O)N1CCCC(c2ccnc(C)n2)C1. The summed E-state index contributed by atoms with van der Waals surface area (Å²) in [6, 6.07) is 1.95. The molecular weight excluding hydrogens is 292 g/mol. The van der Waals surface area contributed by atoms with Crippen LogP contribution in [-0.4, -0.2) is 39.0 Å². The summed E-state index contributed by atoms with van der Waals surface area (Å²) < 4.78 is 5.21. The van der Waals surface area contributed by atoms with Crippen LogP contribution in [0, 0.1) is 13.8 Å². The third kappa shape index (κ3) is 3.11. The van der Waals surface area contributed by atoms with Crippen LogP contribution >= 0.6 is 0 Å². The quantitative estimate of drug-likeness (QED) is 0.871. The first-order chi connectivity index (χ1) is 11.1. The molecule has 1 atom stereocenters. The first-order valence-corrected chi connectivity index (χ1v) is 8.14. The standard InChI is InChI=1S/C17H22N4O2/c1-4-14-16(11(2)23-20-14)17(22)21-9-5-6-13(10-21)15-7-8-18-12(3)19-15/h7-8,13H,4-6,9-10H2,1-3H3. The lowest BCUT2D eigenvalue weighted by atomic mass is 9.94. The van der Waals surface area contributed by atoms with E-state index >= 15 is 0 Å². The van der Waals surface area contributed by atoms with Gasteiger partial charge < -0.3 is 9.42 Å². The number of aromatic nitrogens is 3. The highest BCUT2D eigenvalue weighted by Gasteiger charge is 2.30. The molecule has 1 aliphatic heterocycles. The second-order valence-electron chi connectivity index (χ2n) is 6.03. The number of likely N-dealkylation sites (tertiary alicyclic amines) is 1. The maximum absolute atomic E-state index is 12.9. The van der Waals surface area contributed by atoms with Crippen LogP contribution in [0.5, 0.6) is 0 Å². The fourth-order valence-corrected chi connectivity index (χ4v) is 3.20. The molecule has 1 saturated heterocycles. The van der Waals surface area contributed by atoms with E-state index in [1.807, 2.05) is 24.8 Å². The van der Waals surface area contributed by atoms with Gasteiger partial charge in [-0.3, -0.25) is 4.79 Å². The number of rotatable bonds is 3. The summed E-state index contributed by atoms with van der Waals surface area (Å²) in [6.45, 7) is 7.13. The molecular formula is C17H22N4O2. The smallest absolute Gasteiger partial charge is 0.259 e. The number of nitrogens with zero attached hydrogens (tertiary/aromatic N) is 4. The van der Waals surface area contributed by atoms with Gasteiger partial charge in [-0.1, -0.05) is 12.1 Å². The molecule has 1 amide bonds. The van der Waals surface area contributed by atoms with Crippen molar-refractivity contribution in [2.75, 3.05) is 13.1 Å². The number of piperidine rings is 1. The second kappa shape index (κ2) is 6.48. The zero-order valence-corrected chi connectivity index (χ0v) is 13.9. The lowest BCUT2D eigenvalue weighted by molar-refractivity contribution is 0.0703. The van der Waals surface area contributed by atoms with E-state index in [1.165, 1.54) is 0 Å². The molecule has 0 radical (unpaired) electrons. The summed E-state index contributed by atoms with van der Waals surface area (Å²) in [4.78, 5) is 23.5. The lowest BCUT2D eigenvalue weighted by Gasteiger charge is -2.32. The van der Waals surface area contributed by atoms with E-state index < -0.39 is 0 Å². The molecule has 2 aromatic rings. The summed E-state index contributed by atoms with van der Waals surface area (Å²) in [7, 11) is 0. The van der Waals surface area contributed by atoms with Gasteiger partial charge in [0.05, 0.1) is 5.69 Å². The second-order valence-corrected chi connectivity index (χ2v) is 6.03. The van der Waals surface area contributed by atoms with Gasteiger partial charge in [0.1, 0.15) is 17.1 Å². The summed E-state index contributed by atoms with van der Waals surface area (Å²) in [6.07, 6.45) is 4.51. The van der Waals surface area contributed by atoms with Crippen LogP contribution in [0.4, 0.5) is 0 Å². The highest BCUT2D eigenvalue weighted by atomic mass is 16.5. The highest BCUT2D eigenvalue weighted by molar-refractivity contribution is 5.96. The molecule has 0 spiro atoms. The molecule has 2 aromatic heterocycles. The molecule has 1 fully saturated rings. The van der Waals surface area contributed by atoms with Crippen LogP contribution in [0.2, 0.25) is 0 Å². The van der Waals surface area contributed by atoms with Crippen LogP contribution in [0.1, 0.15) is 59.0 Å². The van der Waals surface area contributed by atoms with Gasteiger partial charge in [0, 0.05) is 30.9 Å². The van der Waals surface area contributed by atoms with Gasteiger partial charge in [-0.25, -0.2) is 9.97 Å². The normalized spacial score (nSPS) is 18.2. The molecule has 122 valence electrons. The number of aryl methyl sites for hydroxylation is 3. The van der Waals surface area contributed by atoms with Crippen molar-refractivity contribution in [2.45, 2.75) is 46.0 Å². The van der Waals surface area contributed by atoms with Crippen LogP contribution in [-0.2, 0) is 6.42 Å². The molecule has 0 N–H and O–H groups in total. The maximum Gasteiger partial charge on any atom is 0.259 e. The Balaban J connectivity index is 1.81. The van der Waals surface area contributed by atoms with Gasteiger partial charge in [0.25, 0.3) is 5.91 Å². The zero-order chi connectivity index (χ0) is 16.4. The Labute approximate surface area is 135 Å². The molecule has 3 heterocycles. The molecule has 3 rings (SSSR count). The Kier molecular flexibility index (Phi) is 4.41. The van der Waals surface area contributed by atoms with Gasteiger partial charge >= 0.3 is 0 Å². The van der Waals surface area contributed by atoms with Crippen molar-refractivity contribution in [1.29, 1.82) is 0 Å². The molecule has 1 aliphatic rings. The van der Waals surface area contributed by atoms with Crippen LogP contribution in [0.25, 0.3) is 0 Å². The monoisotopic (exact) mass is 314 g/mol. The Bertz CT molecular complexity index is 710. The molecule has 0 aliphatic carbocycles. The fraction of sp³-hybridized carbons (Fsp3) is 0.529. The largest absolute Gasteiger partial charge is 0.361 e. The van der Waals surface area contributed by atoms with Gasteiger partial charge in [-0.05, 0) is 39.2 Å². The molecule has 1 unspecified atom stereocenters. The van der Waals surface area contributed by atoms with E-state index in [-0.39, 0.29) is 11.8 Å². The number of carbonyl (C=O) groups is 1. The van der Waals surface area contributed by atoms with Crippen LogP contribution in [0.15, 0.2) is 16.8 Å². The number of amides is 1. The van der Waals surface area contributed by atoms with Crippen molar-refractivity contribution < 1.29 is 9.32 Å². The Hall–Kier alpha value is -2.24. The van der Waals surface area contributed by atoms with Gasteiger partial charge in [0.15, 0.2) is 0 Å². The molecule has 23 heavy (non-hydrogen) atoms. The highest BCUT2D eigenvalue weighted by Crippen LogP contribution is 2.27. The van der Waals surface area contributed by atoms with Crippen LogP contribution in [0.3, 0.4) is 0 Å². The van der Waals surface area contributed by atoms with E-state index in [0.717, 1.165) is 36.6 Å². The average Bonchev–Trinajstić information content (AvgIpc) is 2.95. The van der Waals surface area contributed by atoms with E-state index in [2.05, 4.69) is 15.1 Å². The van der Waals surface area contributed by atoms with Crippen LogP contribution < -0.4 is 0 Å². The van der Waals surface area contributed by atoms with Crippen molar-refractivity contribution in [1.82, 2.24) is 20.0 Å². The molecule has 6 heteroatoms. The summed E-state index contributed by atoms with van der Waals surface area (Å²) in [5, 5.41) is 4.00. The Morgan fingerprint density at radius 1 is 1.43 bits per heavy atom. The van der Waals surface area contributed by atoms with E-state index in [1.54, 1.807) is 13.1 Å². The molecule has 0 bridgehead atoms. The molecule has 6 nitrogen and oxygen atoms in total. The van der Waals surface area contributed by atoms with E-state index in [9.17, 15) is 4.79 Å². The lowest BCUT2D eigenvalue weighted by Crippen LogP contribution is -2.39. The average molecular weight is 314 g/mol. The van der Waals surface area contributed by atoms with Crippen molar-refractivity contribution in [3.05, 3.63) is 40.8 Å². The third-order valence-corrected chi connectivity index (χ3v) is 4.41. The Morgan fingerprint density at radius 2 is 2.26 bits per heavy atom. The minimum atomic E-state index is 0.0241. The fourth-order valence-electron chi connectivity index (χ4n) is 3.20. The summed E-state index contributed by atoms with van der Waals surface area (Å²) in [5.74, 6) is 1.66. The molecule has 0 saturated carbocycles. The first-order valence-electron chi connectivity index (χ1n) is 8.14. The third-order valence-electron chi connectivity index (χ3n) is 4.41. The Morgan fingerprint density at radius 3 is 3.00 bits per heavy atom.